The van der Waals surface area contributed by atoms with Crippen molar-refractivity contribution in [1.82, 2.24) is 0 Å². The third-order valence-electron chi connectivity index (χ3n) is 1.47. The molecule has 0 bridgehead atoms. The molecule has 1 nitrogen and oxygen atoms in total. The van der Waals surface area contributed by atoms with E-state index in [1.54, 1.807) is 0 Å². The van der Waals surface area contributed by atoms with Crippen molar-refractivity contribution in [3.63, 3.8) is 0 Å². The third kappa shape index (κ3) is 2.43. The van der Waals surface area contributed by atoms with E-state index in [-0.39, 0.29) is 0 Å². The van der Waals surface area contributed by atoms with E-state index in [0.29, 0.717) is 6.54 Å². The van der Waals surface area contributed by atoms with Crippen LogP contribution in [0.4, 0.5) is 0 Å². The molecule has 0 aromatic heterocycles. The molecular weight excluding hydrogens is 174 g/mol. The maximum absolute atomic E-state index is 5.40. The molecule has 0 fully saturated rings. The maximum Gasteiger partial charge on any atom is 0.0177 e. The van der Waals surface area contributed by atoms with Gasteiger partial charge in [-0.05, 0) is 30.7 Å². The summed E-state index contributed by atoms with van der Waals surface area (Å²) in [6.45, 7) is 0.680. The Morgan fingerprint density at radius 3 is 2.45 bits per heavy atom. The SMILES string of the molecule is NCCc1ccc(S)c(S)c1. The molecule has 0 heterocycles. The van der Waals surface area contributed by atoms with Crippen LogP contribution in [0.1, 0.15) is 5.56 Å². The maximum atomic E-state index is 5.40. The minimum atomic E-state index is 0.680. The molecule has 0 unspecified atom stereocenters. The highest BCUT2D eigenvalue weighted by Crippen LogP contribution is 2.19. The minimum Gasteiger partial charge on any atom is -0.330 e. The van der Waals surface area contributed by atoms with Gasteiger partial charge < -0.3 is 5.73 Å². The summed E-state index contributed by atoms with van der Waals surface area (Å²) >= 11 is 8.45. The lowest BCUT2D eigenvalue weighted by Gasteiger charge is -2.01. The van der Waals surface area contributed by atoms with Crippen LogP contribution in [-0.4, -0.2) is 6.54 Å². The summed E-state index contributed by atoms with van der Waals surface area (Å²) in [7, 11) is 0. The molecule has 1 rings (SSSR count). The minimum absolute atomic E-state index is 0.680. The molecule has 0 atom stereocenters. The average molecular weight is 185 g/mol. The Hall–Kier alpha value is -0.120. The first-order valence-corrected chi connectivity index (χ1v) is 4.34. The number of hydrogen-bond acceptors (Lipinski definition) is 3. The zero-order chi connectivity index (χ0) is 8.27. The van der Waals surface area contributed by atoms with Gasteiger partial charge in [0.25, 0.3) is 0 Å². The van der Waals surface area contributed by atoms with Crippen molar-refractivity contribution in [2.24, 2.45) is 5.73 Å². The standard InChI is InChI=1S/C8H11NS2/c9-4-3-6-1-2-7(10)8(11)5-6/h1-2,5,10-11H,3-4,9H2. The summed E-state index contributed by atoms with van der Waals surface area (Å²) in [5.41, 5.74) is 6.62. The van der Waals surface area contributed by atoms with Crippen molar-refractivity contribution in [1.29, 1.82) is 0 Å². The monoisotopic (exact) mass is 185 g/mol. The summed E-state index contributed by atoms with van der Waals surface area (Å²) in [4.78, 5) is 1.83. The van der Waals surface area contributed by atoms with Crippen molar-refractivity contribution in [2.75, 3.05) is 6.54 Å². The van der Waals surface area contributed by atoms with E-state index in [1.807, 2.05) is 18.2 Å². The van der Waals surface area contributed by atoms with Gasteiger partial charge in [-0.25, -0.2) is 0 Å². The van der Waals surface area contributed by atoms with E-state index in [2.05, 4.69) is 25.3 Å². The molecule has 0 saturated carbocycles. The van der Waals surface area contributed by atoms with E-state index in [1.165, 1.54) is 5.56 Å². The van der Waals surface area contributed by atoms with Gasteiger partial charge in [-0.1, -0.05) is 6.07 Å². The lowest BCUT2D eigenvalue weighted by Crippen LogP contribution is -2.02. The molecule has 60 valence electrons. The molecule has 11 heavy (non-hydrogen) atoms. The first-order chi connectivity index (χ1) is 5.24. The van der Waals surface area contributed by atoms with Crippen molar-refractivity contribution in [3.8, 4) is 0 Å². The van der Waals surface area contributed by atoms with Crippen LogP contribution in [0.2, 0.25) is 0 Å². The predicted octanol–water partition coefficient (Wildman–Crippen LogP) is 1.77. The van der Waals surface area contributed by atoms with Crippen molar-refractivity contribution >= 4 is 25.3 Å². The van der Waals surface area contributed by atoms with Crippen LogP contribution in [0.25, 0.3) is 0 Å². The molecule has 2 N–H and O–H groups in total. The highest BCUT2D eigenvalue weighted by atomic mass is 32.1. The molecule has 0 aliphatic rings. The Morgan fingerprint density at radius 2 is 1.91 bits per heavy atom. The van der Waals surface area contributed by atoms with E-state index in [0.717, 1.165) is 16.2 Å². The van der Waals surface area contributed by atoms with Gasteiger partial charge in [0.15, 0.2) is 0 Å². The molecule has 0 saturated heterocycles. The van der Waals surface area contributed by atoms with Gasteiger partial charge in [0.1, 0.15) is 0 Å². The first kappa shape index (κ1) is 8.97. The van der Waals surface area contributed by atoms with E-state index >= 15 is 0 Å². The Bertz CT molecular complexity index is 248. The number of rotatable bonds is 2. The van der Waals surface area contributed by atoms with Crippen LogP contribution in [-0.2, 0) is 6.42 Å². The van der Waals surface area contributed by atoms with Crippen LogP contribution in [0, 0.1) is 0 Å². The second-order valence-electron chi connectivity index (χ2n) is 2.36. The topological polar surface area (TPSA) is 26.0 Å². The smallest absolute Gasteiger partial charge is 0.0177 e. The van der Waals surface area contributed by atoms with Gasteiger partial charge in [-0.15, -0.1) is 25.3 Å². The number of hydrogen-bond donors (Lipinski definition) is 3. The van der Waals surface area contributed by atoms with Gasteiger partial charge in [0.05, 0.1) is 0 Å². The lowest BCUT2D eigenvalue weighted by molar-refractivity contribution is 0.958. The fraction of sp³-hybridized carbons (Fsp3) is 0.250. The highest BCUT2D eigenvalue weighted by Gasteiger charge is 1.95. The van der Waals surface area contributed by atoms with E-state index < -0.39 is 0 Å². The molecule has 0 aliphatic carbocycles. The van der Waals surface area contributed by atoms with Gasteiger partial charge in [0, 0.05) is 9.79 Å². The van der Waals surface area contributed by atoms with Crippen LogP contribution in [0.15, 0.2) is 28.0 Å². The van der Waals surface area contributed by atoms with E-state index in [9.17, 15) is 0 Å². The van der Waals surface area contributed by atoms with Gasteiger partial charge in [-0.3, -0.25) is 0 Å². The molecule has 0 amide bonds. The van der Waals surface area contributed by atoms with E-state index in [4.69, 9.17) is 5.73 Å². The summed E-state index contributed by atoms with van der Waals surface area (Å²) in [5.74, 6) is 0. The Labute approximate surface area is 77.8 Å². The van der Waals surface area contributed by atoms with Crippen LogP contribution in [0.5, 0.6) is 0 Å². The second kappa shape index (κ2) is 4.04. The summed E-state index contributed by atoms with van der Waals surface area (Å²) in [6, 6.07) is 5.96. The molecule has 3 heteroatoms. The number of nitrogens with two attached hydrogens (primary N) is 1. The lowest BCUT2D eigenvalue weighted by atomic mass is 10.1. The summed E-state index contributed by atoms with van der Waals surface area (Å²) < 4.78 is 0. The zero-order valence-corrected chi connectivity index (χ0v) is 7.91. The summed E-state index contributed by atoms with van der Waals surface area (Å²) in [6.07, 6.45) is 0.904. The highest BCUT2D eigenvalue weighted by molar-refractivity contribution is 7.83. The first-order valence-electron chi connectivity index (χ1n) is 3.45. The van der Waals surface area contributed by atoms with Crippen LogP contribution >= 0.6 is 25.3 Å². The van der Waals surface area contributed by atoms with Crippen LogP contribution < -0.4 is 5.73 Å². The van der Waals surface area contributed by atoms with Crippen molar-refractivity contribution in [3.05, 3.63) is 23.8 Å². The molecule has 0 radical (unpaired) electrons. The fourth-order valence-corrected chi connectivity index (χ4v) is 1.27. The summed E-state index contributed by atoms with van der Waals surface area (Å²) in [5, 5.41) is 0. The van der Waals surface area contributed by atoms with Crippen molar-refractivity contribution in [2.45, 2.75) is 16.2 Å². The number of thiol groups is 2. The Kier molecular flexibility index (Phi) is 3.30. The fourth-order valence-electron chi connectivity index (χ4n) is 0.891. The molecule has 1 aromatic carbocycles. The Balaban J connectivity index is 2.86. The van der Waals surface area contributed by atoms with Crippen LogP contribution in [0.3, 0.4) is 0 Å². The normalized spacial score (nSPS) is 10.1. The predicted molar refractivity (Wildman–Crippen MR) is 53.7 cm³/mol. The molecule has 1 aromatic rings. The third-order valence-corrected chi connectivity index (χ3v) is 2.41. The number of benzene rings is 1. The van der Waals surface area contributed by atoms with Gasteiger partial charge >= 0.3 is 0 Å². The molecule has 0 spiro atoms. The molecule has 0 aliphatic heterocycles. The average Bonchev–Trinajstić information content (AvgIpc) is 1.98. The largest absolute Gasteiger partial charge is 0.330 e. The van der Waals surface area contributed by atoms with Crippen molar-refractivity contribution < 1.29 is 0 Å². The quantitative estimate of drug-likeness (QED) is 0.602. The van der Waals surface area contributed by atoms with Gasteiger partial charge in [-0.2, -0.15) is 0 Å². The second-order valence-corrected chi connectivity index (χ2v) is 3.33. The zero-order valence-electron chi connectivity index (χ0n) is 6.12. The Morgan fingerprint density at radius 1 is 1.18 bits per heavy atom. The molecular formula is C8H11NS2. The van der Waals surface area contributed by atoms with Gasteiger partial charge in [0.2, 0.25) is 0 Å².